The van der Waals surface area contributed by atoms with Crippen LogP contribution in [-0.4, -0.2) is 26.8 Å². The smallest absolute Gasteiger partial charge is 0.108 e. The molecule has 3 heteroatoms. The van der Waals surface area contributed by atoms with Crippen LogP contribution in [0, 0.1) is 11.8 Å². The Bertz CT molecular complexity index is 369. The average molecular weight is 289 g/mol. The van der Waals surface area contributed by atoms with Gasteiger partial charge in [0.25, 0.3) is 0 Å². The molecular weight excluding hydrogens is 262 g/mol. The second-order valence-electron chi connectivity index (χ2n) is 6.50. The molecule has 2 aliphatic carbocycles. The van der Waals surface area contributed by atoms with Crippen molar-refractivity contribution in [2.75, 3.05) is 6.23 Å². The molecule has 0 bridgehead atoms. The Labute approximate surface area is 125 Å². The second kappa shape index (κ2) is 7.37. The van der Waals surface area contributed by atoms with Crippen LogP contribution in [0.1, 0.15) is 51.4 Å². The summed E-state index contributed by atoms with van der Waals surface area (Å²) < 4.78 is 6.44. The third-order valence-corrected chi connectivity index (χ3v) is 6.49. The molecular formula is C17H27NOSi. The summed E-state index contributed by atoms with van der Waals surface area (Å²) in [6, 6.07) is 6.26. The number of hydrogen-bond donors (Lipinski definition) is 0. The molecule has 1 aromatic heterocycles. The molecule has 20 heavy (non-hydrogen) atoms. The third kappa shape index (κ3) is 3.70. The summed E-state index contributed by atoms with van der Waals surface area (Å²) in [6.45, 7) is 0. The maximum absolute atomic E-state index is 6.44. The highest BCUT2D eigenvalue weighted by atomic mass is 28.2. The Kier molecular flexibility index (Phi) is 5.26. The molecule has 0 aliphatic heterocycles. The van der Waals surface area contributed by atoms with Crippen molar-refractivity contribution >= 4 is 14.8 Å². The van der Waals surface area contributed by atoms with Crippen molar-refractivity contribution in [2.45, 2.75) is 57.5 Å². The first-order valence-electron chi connectivity index (χ1n) is 8.45. The third-order valence-electron chi connectivity index (χ3n) is 5.12. The van der Waals surface area contributed by atoms with Crippen molar-refractivity contribution in [2.24, 2.45) is 11.8 Å². The Balaban J connectivity index is 1.52. The minimum Gasteiger partial charge on any atom is -0.381 e. The van der Waals surface area contributed by atoms with E-state index in [1.807, 2.05) is 12.3 Å². The van der Waals surface area contributed by atoms with Gasteiger partial charge in [-0.3, -0.25) is 4.98 Å². The predicted octanol–water partition coefficient (Wildman–Crippen LogP) is 2.60. The quantitative estimate of drug-likeness (QED) is 0.751. The van der Waals surface area contributed by atoms with Crippen molar-refractivity contribution in [3.8, 4) is 0 Å². The van der Waals surface area contributed by atoms with Crippen LogP contribution in [0.5, 0.6) is 0 Å². The van der Waals surface area contributed by atoms with Gasteiger partial charge in [-0.25, -0.2) is 0 Å². The predicted molar refractivity (Wildman–Crippen MR) is 86.1 cm³/mol. The van der Waals surface area contributed by atoms with Gasteiger partial charge < -0.3 is 4.74 Å². The van der Waals surface area contributed by atoms with Crippen LogP contribution in [0.2, 0.25) is 0 Å². The molecule has 2 fully saturated rings. The van der Waals surface area contributed by atoms with E-state index in [4.69, 9.17) is 4.74 Å². The molecule has 0 radical (unpaired) electrons. The highest BCUT2D eigenvalue weighted by Crippen LogP contribution is 2.38. The van der Waals surface area contributed by atoms with Crippen molar-refractivity contribution in [1.29, 1.82) is 0 Å². The number of hydrogen-bond acceptors (Lipinski definition) is 2. The molecule has 2 nitrogen and oxygen atoms in total. The van der Waals surface area contributed by atoms with Gasteiger partial charge in [-0.1, -0.05) is 31.7 Å². The van der Waals surface area contributed by atoms with Crippen molar-refractivity contribution in [3.05, 3.63) is 24.4 Å². The lowest BCUT2D eigenvalue weighted by Gasteiger charge is -2.29. The van der Waals surface area contributed by atoms with Gasteiger partial charge in [0.15, 0.2) is 0 Å². The van der Waals surface area contributed by atoms with E-state index in [1.165, 1.54) is 56.7 Å². The SMILES string of the molecule is c1ccc([SiH2]COC(C2CCCC2)C2CCCC2)nc1. The molecule has 0 saturated heterocycles. The Hall–Kier alpha value is -0.673. The average Bonchev–Trinajstić information content (AvgIpc) is 3.18. The summed E-state index contributed by atoms with van der Waals surface area (Å²) >= 11 is 0. The van der Waals surface area contributed by atoms with Gasteiger partial charge in [0.1, 0.15) is 9.52 Å². The van der Waals surface area contributed by atoms with E-state index in [9.17, 15) is 0 Å². The van der Waals surface area contributed by atoms with Gasteiger partial charge in [-0.2, -0.15) is 0 Å². The zero-order valence-electron chi connectivity index (χ0n) is 12.5. The number of rotatable bonds is 6. The van der Waals surface area contributed by atoms with Crippen molar-refractivity contribution in [3.63, 3.8) is 0 Å². The van der Waals surface area contributed by atoms with Crippen LogP contribution in [-0.2, 0) is 4.74 Å². The lowest BCUT2D eigenvalue weighted by molar-refractivity contribution is -0.00168. The first-order valence-corrected chi connectivity index (χ1v) is 10.2. The fourth-order valence-corrected chi connectivity index (χ4v) is 5.21. The van der Waals surface area contributed by atoms with Gasteiger partial charge in [-0.05, 0) is 49.7 Å². The summed E-state index contributed by atoms with van der Waals surface area (Å²) in [4.78, 5) is 4.45. The fourth-order valence-electron chi connectivity index (χ4n) is 4.07. The molecule has 0 aromatic carbocycles. The molecule has 2 saturated carbocycles. The molecule has 0 amide bonds. The minimum atomic E-state index is -0.341. The summed E-state index contributed by atoms with van der Waals surface area (Å²) in [6.07, 6.45) is 14.8. The van der Waals surface area contributed by atoms with E-state index in [-0.39, 0.29) is 9.52 Å². The van der Waals surface area contributed by atoms with Gasteiger partial charge >= 0.3 is 0 Å². The Morgan fingerprint density at radius 3 is 2.25 bits per heavy atom. The lowest BCUT2D eigenvalue weighted by atomic mass is 9.88. The standard InChI is InChI=1S/C17H27NOSi/c1-2-8-14(7-1)17(15-9-3-4-10-15)19-13-20-16-11-5-6-12-18-16/h5-6,11-12,14-15,17H,1-4,7-10,13,20H2. The summed E-state index contributed by atoms with van der Waals surface area (Å²) in [5.74, 6) is 1.71. The van der Waals surface area contributed by atoms with E-state index >= 15 is 0 Å². The number of aromatic nitrogens is 1. The van der Waals surface area contributed by atoms with E-state index in [1.54, 1.807) is 0 Å². The molecule has 2 aliphatic rings. The molecule has 0 N–H and O–H groups in total. The first kappa shape index (κ1) is 14.3. The van der Waals surface area contributed by atoms with E-state index in [0.717, 1.165) is 18.1 Å². The van der Waals surface area contributed by atoms with Crippen molar-refractivity contribution in [1.82, 2.24) is 4.98 Å². The first-order chi connectivity index (χ1) is 9.93. The van der Waals surface area contributed by atoms with Gasteiger partial charge in [0, 0.05) is 17.7 Å². The van der Waals surface area contributed by atoms with Crippen molar-refractivity contribution < 1.29 is 4.74 Å². The Morgan fingerprint density at radius 2 is 1.70 bits per heavy atom. The molecule has 110 valence electrons. The van der Waals surface area contributed by atoms with Crippen LogP contribution in [0.25, 0.3) is 0 Å². The van der Waals surface area contributed by atoms with Crippen LogP contribution < -0.4 is 5.32 Å². The highest BCUT2D eigenvalue weighted by Gasteiger charge is 2.33. The van der Waals surface area contributed by atoms with Crippen LogP contribution >= 0.6 is 0 Å². The molecule has 3 rings (SSSR count). The lowest BCUT2D eigenvalue weighted by Crippen LogP contribution is -2.33. The van der Waals surface area contributed by atoms with Crippen LogP contribution in [0.3, 0.4) is 0 Å². The molecule has 0 atom stereocenters. The van der Waals surface area contributed by atoms with Gasteiger partial charge in [0.05, 0.1) is 6.10 Å². The number of ether oxygens (including phenoxy) is 1. The summed E-state index contributed by atoms with van der Waals surface area (Å²) in [7, 11) is -0.341. The monoisotopic (exact) mass is 289 g/mol. The zero-order chi connectivity index (χ0) is 13.6. The molecule has 1 aromatic rings. The molecule has 0 unspecified atom stereocenters. The maximum atomic E-state index is 6.44. The van der Waals surface area contributed by atoms with Crippen LogP contribution in [0.15, 0.2) is 24.4 Å². The topological polar surface area (TPSA) is 22.1 Å². The molecule has 1 heterocycles. The van der Waals surface area contributed by atoms with Crippen LogP contribution in [0.4, 0.5) is 0 Å². The highest BCUT2D eigenvalue weighted by molar-refractivity contribution is 6.52. The largest absolute Gasteiger partial charge is 0.381 e. The Morgan fingerprint density at radius 1 is 1.05 bits per heavy atom. The summed E-state index contributed by atoms with van der Waals surface area (Å²) in [5, 5.41) is 1.30. The van der Waals surface area contributed by atoms with Gasteiger partial charge in [-0.15, -0.1) is 0 Å². The fraction of sp³-hybridized carbons (Fsp3) is 0.706. The molecule has 0 spiro atoms. The summed E-state index contributed by atoms with van der Waals surface area (Å²) in [5.41, 5.74) is 0. The van der Waals surface area contributed by atoms with Gasteiger partial charge in [0.2, 0.25) is 0 Å². The normalized spacial score (nSPS) is 21.6. The number of pyridine rings is 1. The van der Waals surface area contributed by atoms with E-state index in [0.29, 0.717) is 6.10 Å². The van der Waals surface area contributed by atoms with E-state index in [2.05, 4.69) is 17.1 Å². The van der Waals surface area contributed by atoms with E-state index < -0.39 is 0 Å². The zero-order valence-corrected chi connectivity index (χ0v) is 13.9. The number of nitrogens with zero attached hydrogens (tertiary/aromatic N) is 1. The second-order valence-corrected chi connectivity index (χ2v) is 8.13. The maximum Gasteiger partial charge on any atom is 0.108 e. The minimum absolute atomic E-state index is 0.341.